The quantitative estimate of drug-likeness (QED) is 0.104. The highest BCUT2D eigenvalue weighted by Gasteiger charge is 2.30. The number of carbonyl (C=O) groups excluding carboxylic acids is 7. The Hall–Kier alpha value is -4.99. The number of primary amides is 1. The second-order valence-corrected chi connectivity index (χ2v) is 13.3. The molecular formula is C35H52N8O8. The molecule has 2 aliphatic heterocycles. The summed E-state index contributed by atoms with van der Waals surface area (Å²) in [6, 6.07) is 4.27. The van der Waals surface area contributed by atoms with Crippen molar-refractivity contribution < 1.29 is 38.3 Å². The number of hydrogen-bond donors (Lipinski definition) is 5. The lowest BCUT2D eigenvalue weighted by atomic mass is 10.0. The van der Waals surface area contributed by atoms with E-state index in [4.69, 9.17) is 10.5 Å². The maximum Gasteiger partial charge on any atom is 0.410 e. The molecule has 2 heterocycles. The zero-order chi connectivity index (χ0) is 37.5. The van der Waals surface area contributed by atoms with Gasteiger partial charge in [0.25, 0.3) is 11.8 Å². The number of rotatable bonds is 19. The number of imide groups is 1. The van der Waals surface area contributed by atoms with E-state index < -0.39 is 36.0 Å². The second-order valence-electron chi connectivity index (χ2n) is 13.3. The van der Waals surface area contributed by atoms with Gasteiger partial charge in [0.2, 0.25) is 17.7 Å². The molecule has 1 unspecified atom stereocenters. The van der Waals surface area contributed by atoms with Gasteiger partial charge in [-0.05, 0) is 69.3 Å². The molecule has 2 aliphatic rings. The van der Waals surface area contributed by atoms with Crippen molar-refractivity contribution in [3.8, 4) is 0 Å². The van der Waals surface area contributed by atoms with E-state index in [-0.39, 0.29) is 62.2 Å². The Kier molecular flexibility index (Phi) is 15.9. The number of nitrogens with one attached hydrogen (secondary N) is 4. The maximum absolute atomic E-state index is 13.4. The van der Waals surface area contributed by atoms with Crippen molar-refractivity contribution in [1.29, 1.82) is 0 Å². The minimum Gasteiger partial charge on any atom is -0.445 e. The lowest BCUT2D eigenvalue weighted by Crippen LogP contribution is -2.54. The van der Waals surface area contributed by atoms with Crippen LogP contribution in [0.15, 0.2) is 36.4 Å². The molecule has 0 bridgehead atoms. The molecule has 16 heteroatoms. The molecule has 280 valence electrons. The van der Waals surface area contributed by atoms with Gasteiger partial charge in [-0.1, -0.05) is 32.4 Å². The van der Waals surface area contributed by atoms with Crippen LogP contribution in [-0.2, 0) is 35.3 Å². The summed E-state index contributed by atoms with van der Waals surface area (Å²) < 4.78 is 5.48. The van der Waals surface area contributed by atoms with Gasteiger partial charge in [0, 0.05) is 57.0 Å². The lowest BCUT2D eigenvalue weighted by Gasteiger charge is -2.25. The Bertz CT molecular complexity index is 1410. The minimum absolute atomic E-state index is 0.0617. The van der Waals surface area contributed by atoms with E-state index in [2.05, 4.69) is 26.2 Å². The molecule has 0 aliphatic carbocycles. The SMILES string of the molecule is CC(C)[C@H](NC(=O)CCCCCN1C(=O)C=CC1=O)C(=O)N[C@@H](CCCNC(N)=O)C(=O)Nc1ccc(COC(=O)N(C)C2CCN(C)C2)cc1. The molecule has 51 heavy (non-hydrogen) atoms. The molecule has 0 spiro atoms. The number of carbonyl (C=O) groups is 7. The van der Waals surface area contributed by atoms with E-state index >= 15 is 0 Å². The Morgan fingerprint density at radius 3 is 2.25 bits per heavy atom. The molecule has 0 radical (unpaired) electrons. The van der Waals surface area contributed by atoms with Gasteiger partial charge < -0.3 is 41.5 Å². The van der Waals surface area contributed by atoms with Crippen LogP contribution in [-0.4, -0.2) is 115 Å². The summed E-state index contributed by atoms with van der Waals surface area (Å²) >= 11 is 0. The molecule has 0 saturated carbocycles. The third kappa shape index (κ3) is 13.3. The van der Waals surface area contributed by atoms with E-state index in [1.54, 1.807) is 50.1 Å². The maximum atomic E-state index is 13.4. The van der Waals surface area contributed by atoms with Crippen LogP contribution in [0.3, 0.4) is 0 Å². The number of anilines is 1. The van der Waals surface area contributed by atoms with Gasteiger partial charge in [-0.3, -0.25) is 28.9 Å². The number of benzene rings is 1. The highest BCUT2D eigenvalue weighted by molar-refractivity contribution is 6.12. The smallest absolute Gasteiger partial charge is 0.410 e. The fourth-order valence-corrected chi connectivity index (χ4v) is 5.75. The minimum atomic E-state index is -0.998. The zero-order valence-electron chi connectivity index (χ0n) is 29.9. The van der Waals surface area contributed by atoms with Gasteiger partial charge in [0.05, 0.1) is 0 Å². The molecule has 1 fully saturated rings. The number of amides is 8. The van der Waals surface area contributed by atoms with Crippen LogP contribution in [0.4, 0.5) is 15.3 Å². The fraction of sp³-hybridized carbons (Fsp3) is 0.571. The van der Waals surface area contributed by atoms with Gasteiger partial charge in [-0.2, -0.15) is 0 Å². The number of likely N-dealkylation sites (tertiary alicyclic amines) is 1. The number of nitrogens with zero attached hydrogens (tertiary/aromatic N) is 3. The Labute approximate surface area is 298 Å². The van der Waals surface area contributed by atoms with Crippen molar-refractivity contribution >= 4 is 47.3 Å². The van der Waals surface area contributed by atoms with Crippen molar-refractivity contribution in [3.05, 3.63) is 42.0 Å². The van der Waals surface area contributed by atoms with E-state index in [1.807, 2.05) is 7.05 Å². The van der Waals surface area contributed by atoms with Crippen LogP contribution in [0.2, 0.25) is 0 Å². The zero-order valence-corrected chi connectivity index (χ0v) is 29.9. The molecule has 3 rings (SSSR count). The van der Waals surface area contributed by atoms with Crippen LogP contribution < -0.4 is 27.0 Å². The van der Waals surface area contributed by atoms with Crippen LogP contribution >= 0.6 is 0 Å². The molecule has 3 atom stereocenters. The van der Waals surface area contributed by atoms with E-state index in [1.165, 1.54) is 12.2 Å². The van der Waals surface area contributed by atoms with Gasteiger partial charge in [-0.15, -0.1) is 0 Å². The third-order valence-corrected chi connectivity index (χ3v) is 8.84. The third-order valence-electron chi connectivity index (χ3n) is 8.84. The Balaban J connectivity index is 1.52. The normalized spacial score (nSPS) is 16.9. The summed E-state index contributed by atoms with van der Waals surface area (Å²) in [5, 5.41) is 10.8. The van der Waals surface area contributed by atoms with Crippen molar-refractivity contribution in [2.24, 2.45) is 11.7 Å². The fourth-order valence-electron chi connectivity index (χ4n) is 5.75. The largest absolute Gasteiger partial charge is 0.445 e. The summed E-state index contributed by atoms with van der Waals surface area (Å²) in [5.41, 5.74) is 6.34. The number of ether oxygens (including phenoxy) is 1. The van der Waals surface area contributed by atoms with Crippen LogP contribution in [0.25, 0.3) is 0 Å². The first-order valence-electron chi connectivity index (χ1n) is 17.4. The van der Waals surface area contributed by atoms with Crippen LogP contribution in [0, 0.1) is 5.92 Å². The Morgan fingerprint density at radius 1 is 0.961 bits per heavy atom. The number of hydrogen-bond acceptors (Lipinski definition) is 9. The molecule has 8 amide bonds. The molecule has 16 nitrogen and oxygen atoms in total. The first-order chi connectivity index (χ1) is 24.2. The molecule has 1 aromatic carbocycles. The molecule has 1 saturated heterocycles. The van der Waals surface area contributed by atoms with Crippen LogP contribution in [0.5, 0.6) is 0 Å². The van der Waals surface area contributed by atoms with Crippen molar-refractivity contribution in [3.63, 3.8) is 0 Å². The summed E-state index contributed by atoms with van der Waals surface area (Å²) in [4.78, 5) is 91.5. The van der Waals surface area contributed by atoms with Crippen molar-refractivity contribution in [2.75, 3.05) is 45.6 Å². The summed E-state index contributed by atoms with van der Waals surface area (Å²) in [5.74, 6) is -2.36. The van der Waals surface area contributed by atoms with E-state index in [0.29, 0.717) is 31.4 Å². The topological polar surface area (TPSA) is 213 Å². The summed E-state index contributed by atoms with van der Waals surface area (Å²) in [6.45, 7) is 5.80. The van der Waals surface area contributed by atoms with Gasteiger partial charge in [-0.25, -0.2) is 9.59 Å². The molecule has 1 aromatic rings. The standard InChI is InChI=1S/C35H52N8O8/c1-23(2)31(40-28(44)10-6-5-7-19-43-29(45)15-16-30(43)46)33(48)39-27(9-8-18-37-34(36)49)32(47)38-25-13-11-24(12-14-25)22-51-35(50)42(4)26-17-20-41(3)21-26/h11-16,23,26-27,31H,5-10,17-22H2,1-4H3,(H,38,47)(H,39,48)(H,40,44)(H3,36,37,49)/t26?,27-,31-/m0/s1. The molecule has 6 N–H and O–H groups in total. The first kappa shape index (κ1) is 40.4. The van der Waals surface area contributed by atoms with E-state index in [0.717, 1.165) is 30.0 Å². The number of likely N-dealkylation sites (N-methyl/N-ethyl adjacent to an activating group) is 2. The summed E-state index contributed by atoms with van der Waals surface area (Å²) in [7, 11) is 3.74. The van der Waals surface area contributed by atoms with E-state index in [9.17, 15) is 33.6 Å². The monoisotopic (exact) mass is 712 g/mol. The van der Waals surface area contributed by atoms with Crippen molar-refractivity contribution in [1.82, 2.24) is 30.7 Å². The van der Waals surface area contributed by atoms with Crippen LogP contribution in [0.1, 0.15) is 64.4 Å². The molecule has 0 aromatic heterocycles. The first-order valence-corrected chi connectivity index (χ1v) is 17.4. The lowest BCUT2D eigenvalue weighted by molar-refractivity contribution is -0.137. The number of nitrogens with two attached hydrogens (primary N) is 1. The second kappa shape index (κ2) is 20.0. The predicted octanol–water partition coefficient (Wildman–Crippen LogP) is 1.46. The summed E-state index contributed by atoms with van der Waals surface area (Å²) in [6.07, 6.45) is 5.24. The number of urea groups is 1. The van der Waals surface area contributed by atoms with Crippen molar-refractivity contribution in [2.45, 2.75) is 83.5 Å². The average Bonchev–Trinajstić information content (AvgIpc) is 3.67. The molecular weight excluding hydrogens is 660 g/mol. The number of unbranched alkanes of at least 4 members (excludes halogenated alkanes) is 2. The van der Waals surface area contributed by atoms with Gasteiger partial charge in [0.15, 0.2) is 0 Å². The highest BCUT2D eigenvalue weighted by atomic mass is 16.6. The van der Waals surface area contributed by atoms with Gasteiger partial charge in [0.1, 0.15) is 18.7 Å². The average molecular weight is 713 g/mol. The predicted molar refractivity (Wildman–Crippen MR) is 189 cm³/mol. The Morgan fingerprint density at radius 2 is 1.65 bits per heavy atom. The van der Waals surface area contributed by atoms with Gasteiger partial charge >= 0.3 is 12.1 Å². The highest BCUT2D eigenvalue weighted by Crippen LogP contribution is 2.16.